The van der Waals surface area contributed by atoms with Crippen LogP contribution in [0.3, 0.4) is 0 Å². The highest BCUT2D eigenvalue weighted by Crippen LogP contribution is 2.07. The summed E-state index contributed by atoms with van der Waals surface area (Å²) in [6.45, 7) is 2.28. The van der Waals surface area contributed by atoms with E-state index in [-0.39, 0.29) is 11.4 Å². The first kappa shape index (κ1) is 13.6. The van der Waals surface area contributed by atoms with Gasteiger partial charge < -0.3 is 0 Å². The van der Waals surface area contributed by atoms with Crippen LogP contribution in [0.4, 0.5) is 5.69 Å². The number of hydrogen-bond donors (Lipinski definition) is 1. The molecule has 0 fully saturated rings. The van der Waals surface area contributed by atoms with Crippen LogP contribution in [0, 0.1) is 10.1 Å². The number of nitro groups is 1. The van der Waals surface area contributed by atoms with Crippen molar-refractivity contribution in [2.24, 2.45) is 0 Å². The molecule has 0 atom stereocenters. The van der Waals surface area contributed by atoms with Crippen molar-refractivity contribution in [3.63, 3.8) is 0 Å². The van der Waals surface area contributed by atoms with Crippen LogP contribution < -0.4 is 4.72 Å². The minimum Gasteiger partial charge on any atom is -0.266 e. The van der Waals surface area contributed by atoms with Gasteiger partial charge in [0.25, 0.3) is 0 Å². The van der Waals surface area contributed by atoms with Gasteiger partial charge in [0.15, 0.2) is 0 Å². The molecule has 0 unspecified atom stereocenters. The lowest BCUT2D eigenvalue weighted by Crippen LogP contribution is -2.26. The molecule has 0 aliphatic rings. The summed E-state index contributed by atoms with van der Waals surface area (Å²) in [6.07, 6.45) is 3.00. The van der Waals surface area contributed by atoms with E-state index in [4.69, 9.17) is 0 Å². The predicted molar refractivity (Wildman–Crippen MR) is 61.0 cm³/mol. The standard InChI is InChI=1S/C8H14N4O4S/c1-2-17(15,16)10-4-3-5-11-7-8(6-9-11)12(13)14/h6-7,10H,2-5H2,1H3. The number of nitrogens with zero attached hydrogens (tertiary/aromatic N) is 3. The summed E-state index contributed by atoms with van der Waals surface area (Å²) < 4.78 is 26.0. The van der Waals surface area contributed by atoms with Crippen molar-refractivity contribution >= 4 is 15.7 Å². The quantitative estimate of drug-likeness (QED) is 0.426. The SMILES string of the molecule is CCS(=O)(=O)NCCCn1cc([N+](=O)[O-])cn1. The first-order valence-corrected chi connectivity index (χ1v) is 6.74. The average Bonchev–Trinajstić information content (AvgIpc) is 2.73. The van der Waals surface area contributed by atoms with Crippen molar-refractivity contribution in [1.29, 1.82) is 0 Å². The highest BCUT2D eigenvalue weighted by Gasteiger charge is 2.09. The van der Waals surface area contributed by atoms with E-state index in [0.29, 0.717) is 19.5 Å². The molecule has 1 heterocycles. The van der Waals surface area contributed by atoms with Crippen LogP contribution in [-0.4, -0.2) is 35.4 Å². The Hall–Kier alpha value is -1.48. The van der Waals surface area contributed by atoms with Gasteiger partial charge in [-0.05, 0) is 13.3 Å². The maximum absolute atomic E-state index is 11.1. The highest BCUT2D eigenvalue weighted by atomic mass is 32.2. The molecular formula is C8H14N4O4S. The van der Waals surface area contributed by atoms with Crippen LogP contribution >= 0.6 is 0 Å². The van der Waals surface area contributed by atoms with Gasteiger partial charge in [-0.2, -0.15) is 5.10 Å². The predicted octanol–water partition coefficient (Wildman–Crippen LogP) is 0.121. The molecule has 9 heteroatoms. The lowest BCUT2D eigenvalue weighted by molar-refractivity contribution is -0.385. The van der Waals surface area contributed by atoms with E-state index in [2.05, 4.69) is 9.82 Å². The molecule has 1 rings (SSSR count). The Labute approximate surface area is 98.8 Å². The summed E-state index contributed by atoms with van der Waals surface area (Å²) in [5.74, 6) is 0.0419. The zero-order chi connectivity index (χ0) is 12.9. The minimum absolute atomic E-state index is 0.0419. The Bertz CT molecular complexity index is 481. The number of hydrogen-bond acceptors (Lipinski definition) is 5. The molecule has 1 N–H and O–H groups in total. The van der Waals surface area contributed by atoms with Crippen molar-refractivity contribution in [3.05, 3.63) is 22.5 Å². The lowest BCUT2D eigenvalue weighted by Gasteiger charge is -2.03. The van der Waals surface area contributed by atoms with E-state index in [0.717, 1.165) is 6.20 Å². The second-order valence-corrected chi connectivity index (χ2v) is 5.47. The summed E-state index contributed by atoms with van der Waals surface area (Å²) in [5.41, 5.74) is -0.0702. The fourth-order valence-electron chi connectivity index (χ4n) is 1.14. The fourth-order valence-corrected chi connectivity index (χ4v) is 1.80. The van der Waals surface area contributed by atoms with Gasteiger partial charge in [-0.3, -0.25) is 14.8 Å². The number of aromatic nitrogens is 2. The smallest absolute Gasteiger partial charge is 0.266 e. The summed E-state index contributed by atoms with van der Waals surface area (Å²) in [6, 6.07) is 0. The molecule has 17 heavy (non-hydrogen) atoms. The van der Waals surface area contributed by atoms with Crippen LogP contribution in [0.15, 0.2) is 12.4 Å². The lowest BCUT2D eigenvalue weighted by atomic mass is 10.4. The number of aryl methyl sites for hydroxylation is 1. The van der Waals surface area contributed by atoms with E-state index in [1.165, 1.54) is 10.9 Å². The largest absolute Gasteiger partial charge is 0.306 e. The zero-order valence-electron chi connectivity index (χ0n) is 9.37. The third-order valence-electron chi connectivity index (χ3n) is 2.10. The Balaban J connectivity index is 2.34. The van der Waals surface area contributed by atoms with Crippen LogP contribution in [0.25, 0.3) is 0 Å². The van der Waals surface area contributed by atoms with Crippen molar-refractivity contribution < 1.29 is 13.3 Å². The van der Waals surface area contributed by atoms with Gasteiger partial charge in [0.1, 0.15) is 12.4 Å². The Morgan fingerprint density at radius 1 is 1.59 bits per heavy atom. The van der Waals surface area contributed by atoms with E-state index in [1.807, 2.05) is 0 Å². The summed E-state index contributed by atoms with van der Waals surface area (Å²) in [5, 5.41) is 14.2. The van der Waals surface area contributed by atoms with Crippen molar-refractivity contribution in [3.8, 4) is 0 Å². The van der Waals surface area contributed by atoms with Gasteiger partial charge >= 0.3 is 5.69 Å². The Kier molecular flexibility index (Phi) is 4.58. The Morgan fingerprint density at radius 3 is 2.82 bits per heavy atom. The van der Waals surface area contributed by atoms with Crippen LogP contribution in [0.1, 0.15) is 13.3 Å². The van der Waals surface area contributed by atoms with Gasteiger partial charge in [0, 0.05) is 13.1 Å². The molecule has 8 nitrogen and oxygen atoms in total. The van der Waals surface area contributed by atoms with Crippen LogP contribution in [-0.2, 0) is 16.6 Å². The highest BCUT2D eigenvalue weighted by molar-refractivity contribution is 7.89. The molecule has 0 aliphatic heterocycles. The molecule has 1 aromatic heterocycles. The van der Waals surface area contributed by atoms with Gasteiger partial charge in [-0.15, -0.1) is 0 Å². The van der Waals surface area contributed by atoms with E-state index >= 15 is 0 Å². The van der Waals surface area contributed by atoms with Gasteiger partial charge in [0.05, 0.1) is 10.7 Å². The molecular weight excluding hydrogens is 248 g/mol. The number of sulfonamides is 1. The molecule has 0 bridgehead atoms. The molecule has 0 radical (unpaired) electrons. The van der Waals surface area contributed by atoms with E-state index in [9.17, 15) is 18.5 Å². The maximum Gasteiger partial charge on any atom is 0.306 e. The average molecular weight is 262 g/mol. The van der Waals surface area contributed by atoms with Crippen molar-refractivity contribution in [1.82, 2.24) is 14.5 Å². The molecule has 0 saturated carbocycles. The van der Waals surface area contributed by atoms with Crippen molar-refractivity contribution in [2.75, 3.05) is 12.3 Å². The first-order valence-electron chi connectivity index (χ1n) is 5.09. The van der Waals surface area contributed by atoms with Crippen LogP contribution in [0.5, 0.6) is 0 Å². The summed E-state index contributed by atoms with van der Waals surface area (Å²) in [4.78, 5) is 9.85. The maximum atomic E-state index is 11.1. The molecule has 96 valence electrons. The first-order chi connectivity index (χ1) is 7.94. The van der Waals surface area contributed by atoms with Gasteiger partial charge in [-0.25, -0.2) is 13.1 Å². The summed E-state index contributed by atoms with van der Waals surface area (Å²) >= 11 is 0. The third kappa shape index (κ3) is 4.49. The third-order valence-corrected chi connectivity index (χ3v) is 3.50. The topological polar surface area (TPSA) is 107 Å². The Morgan fingerprint density at radius 2 is 2.29 bits per heavy atom. The second kappa shape index (κ2) is 5.73. The zero-order valence-corrected chi connectivity index (χ0v) is 10.2. The van der Waals surface area contributed by atoms with E-state index < -0.39 is 14.9 Å². The normalized spacial score (nSPS) is 11.6. The molecule has 0 amide bonds. The van der Waals surface area contributed by atoms with Crippen molar-refractivity contribution in [2.45, 2.75) is 19.9 Å². The molecule has 0 saturated heterocycles. The fraction of sp³-hybridized carbons (Fsp3) is 0.625. The minimum atomic E-state index is -3.17. The summed E-state index contributed by atoms with van der Waals surface area (Å²) in [7, 11) is -3.17. The van der Waals surface area contributed by atoms with Gasteiger partial charge in [-0.1, -0.05) is 0 Å². The molecule has 0 spiro atoms. The number of rotatable bonds is 7. The molecule has 0 aliphatic carbocycles. The number of nitrogens with one attached hydrogen (secondary N) is 1. The van der Waals surface area contributed by atoms with Gasteiger partial charge in [0.2, 0.25) is 10.0 Å². The monoisotopic (exact) mass is 262 g/mol. The molecule has 1 aromatic rings. The van der Waals surface area contributed by atoms with Crippen LogP contribution in [0.2, 0.25) is 0 Å². The molecule has 0 aromatic carbocycles. The van der Waals surface area contributed by atoms with E-state index in [1.54, 1.807) is 6.92 Å². The second-order valence-electron chi connectivity index (χ2n) is 3.37.